The molecule has 1 saturated carbocycles. The molecule has 0 aliphatic heterocycles. The smallest absolute Gasteiger partial charge is 0.272 e. The van der Waals surface area contributed by atoms with Gasteiger partial charge in [0.1, 0.15) is 5.82 Å². The monoisotopic (exact) mass is 287 g/mol. The number of amides is 1. The summed E-state index contributed by atoms with van der Waals surface area (Å²) in [6.45, 7) is 4.98. The van der Waals surface area contributed by atoms with Gasteiger partial charge in [-0.05, 0) is 38.8 Å². The van der Waals surface area contributed by atoms with E-state index in [-0.39, 0.29) is 12.0 Å². The van der Waals surface area contributed by atoms with Crippen LogP contribution < -0.4 is 5.32 Å². The Bertz CT molecular complexity index is 644. The Labute approximate surface area is 124 Å². The van der Waals surface area contributed by atoms with Crippen molar-refractivity contribution in [3.05, 3.63) is 35.9 Å². The number of hydrogen-bond acceptors (Lipinski definition) is 3. The molecule has 112 valence electrons. The summed E-state index contributed by atoms with van der Waals surface area (Å²) >= 11 is 0. The lowest BCUT2D eigenvalue weighted by molar-refractivity contribution is 0.0745. The minimum absolute atomic E-state index is 0.127. The van der Waals surface area contributed by atoms with Crippen LogP contribution in [0.1, 0.15) is 48.9 Å². The first-order valence-electron chi connectivity index (χ1n) is 7.53. The molecule has 5 heteroatoms. The molecule has 2 heterocycles. The number of imidazole rings is 1. The van der Waals surface area contributed by atoms with Gasteiger partial charge in [-0.25, -0.2) is 4.98 Å². The minimum atomic E-state index is -0.127. The van der Waals surface area contributed by atoms with Gasteiger partial charge >= 0.3 is 0 Å². The second-order valence-corrected chi connectivity index (χ2v) is 5.72. The zero-order valence-electron chi connectivity index (χ0n) is 12.5. The second-order valence-electron chi connectivity index (χ2n) is 5.72. The van der Waals surface area contributed by atoms with Gasteiger partial charge in [0.25, 0.3) is 5.91 Å². The van der Waals surface area contributed by atoms with Gasteiger partial charge < -0.3 is 14.5 Å². The van der Waals surface area contributed by atoms with Crippen LogP contribution in [0.3, 0.4) is 0 Å². The van der Waals surface area contributed by atoms with Gasteiger partial charge in [-0.3, -0.25) is 4.79 Å². The zero-order chi connectivity index (χ0) is 14.8. The molecule has 0 atom stereocenters. The Morgan fingerprint density at radius 2 is 2.29 bits per heavy atom. The molecule has 2 aromatic rings. The van der Waals surface area contributed by atoms with Crippen LogP contribution in [0.15, 0.2) is 24.4 Å². The van der Waals surface area contributed by atoms with E-state index < -0.39 is 0 Å². The van der Waals surface area contributed by atoms with Gasteiger partial charge in [-0.1, -0.05) is 6.07 Å². The lowest BCUT2D eigenvalue weighted by Gasteiger charge is -2.07. The van der Waals surface area contributed by atoms with Gasteiger partial charge in [-0.2, -0.15) is 0 Å². The third kappa shape index (κ3) is 3.08. The fourth-order valence-corrected chi connectivity index (χ4v) is 2.40. The predicted molar refractivity (Wildman–Crippen MR) is 80.6 cm³/mol. The molecule has 1 aliphatic rings. The van der Waals surface area contributed by atoms with Crippen LogP contribution in [-0.2, 0) is 4.74 Å². The highest BCUT2D eigenvalue weighted by Gasteiger charge is 2.30. The Morgan fingerprint density at radius 3 is 3.00 bits per heavy atom. The Kier molecular flexibility index (Phi) is 3.92. The van der Waals surface area contributed by atoms with Gasteiger partial charge in [-0.15, -0.1) is 0 Å². The predicted octanol–water partition coefficient (Wildman–Crippen LogP) is 2.37. The number of ether oxygens (including phenoxy) is 1. The third-order valence-electron chi connectivity index (χ3n) is 3.57. The van der Waals surface area contributed by atoms with Crippen molar-refractivity contribution in [1.29, 1.82) is 0 Å². The molecular formula is C16H21N3O2. The summed E-state index contributed by atoms with van der Waals surface area (Å²) in [6.07, 6.45) is 4.49. The van der Waals surface area contributed by atoms with E-state index in [4.69, 9.17) is 4.74 Å². The van der Waals surface area contributed by atoms with E-state index in [2.05, 4.69) is 10.3 Å². The first kappa shape index (κ1) is 14.1. The molecule has 0 aromatic carbocycles. The quantitative estimate of drug-likeness (QED) is 0.830. The summed E-state index contributed by atoms with van der Waals surface area (Å²) in [5.41, 5.74) is 1.39. The van der Waals surface area contributed by atoms with Crippen LogP contribution in [0.5, 0.6) is 0 Å². The largest absolute Gasteiger partial charge is 0.377 e. The lowest BCUT2D eigenvalue weighted by atomic mass is 10.3. The van der Waals surface area contributed by atoms with Crippen LogP contribution in [-0.4, -0.2) is 34.5 Å². The third-order valence-corrected chi connectivity index (χ3v) is 3.57. The van der Waals surface area contributed by atoms with Crippen LogP contribution in [0, 0.1) is 0 Å². The maximum absolute atomic E-state index is 12.3. The van der Waals surface area contributed by atoms with Gasteiger partial charge in [0, 0.05) is 18.7 Å². The molecule has 0 saturated heterocycles. The van der Waals surface area contributed by atoms with E-state index in [1.54, 1.807) is 0 Å². The fraction of sp³-hybridized carbons (Fsp3) is 0.500. The summed E-state index contributed by atoms with van der Waals surface area (Å²) in [4.78, 5) is 16.9. The van der Waals surface area contributed by atoms with Crippen LogP contribution in [0.2, 0.25) is 0 Å². The molecule has 2 aromatic heterocycles. The maximum atomic E-state index is 12.3. The number of rotatable bonds is 6. The number of carbonyl (C=O) groups is 1. The fourth-order valence-electron chi connectivity index (χ4n) is 2.40. The van der Waals surface area contributed by atoms with Gasteiger partial charge in [0.15, 0.2) is 5.69 Å². The Balaban J connectivity index is 1.75. The second kappa shape index (κ2) is 5.85. The highest BCUT2D eigenvalue weighted by Crippen LogP contribution is 2.39. The summed E-state index contributed by atoms with van der Waals surface area (Å²) in [5.74, 6) is 1.39. The SMILES string of the molecule is CC(C)OCCNC(=O)c1nc(C2CC2)n2ccccc12. The van der Waals surface area contributed by atoms with Crippen LogP contribution in [0.4, 0.5) is 0 Å². The Morgan fingerprint density at radius 1 is 1.48 bits per heavy atom. The zero-order valence-corrected chi connectivity index (χ0v) is 12.5. The molecule has 5 nitrogen and oxygen atoms in total. The molecule has 1 fully saturated rings. The van der Waals surface area contributed by atoms with Gasteiger partial charge in [0.05, 0.1) is 18.2 Å². The minimum Gasteiger partial charge on any atom is -0.377 e. The standard InChI is InChI=1S/C16H21N3O2/c1-11(2)21-10-8-17-16(20)14-13-5-3-4-9-19(13)15(18-14)12-6-7-12/h3-5,9,11-12H,6-8,10H2,1-2H3,(H,17,20). The van der Waals surface area contributed by atoms with Gasteiger partial charge in [0.2, 0.25) is 0 Å². The van der Waals surface area contributed by atoms with Crippen LogP contribution in [0.25, 0.3) is 5.52 Å². The molecule has 0 bridgehead atoms. The highest BCUT2D eigenvalue weighted by molar-refractivity contribution is 5.99. The van der Waals surface area contributed by atoms with Crippen LogP contribution >= 0.6 is 0 Å². The maximum Gasteiger partial charge on any atom is 0.272 e. The number of carbonyl (C=O) groups excluding carboxylic acids is 1. The van der Waals surface area contributed by atoms with E-state index in [9.17, 15) is 4.79 Å². The highest BCUT2D eigenvalue weighted by atomic mass is 16.5. The summed E-state index contributed by atoms with van der Waals surface area (Å²) in [7, 11) is 0. The van der Waals surface area contributed by atoms with Crippen molar-refractivity contribution in [2.75, 3.05) is 13.2 Å². The van der Waals surface area contributed by atoms with Crippen molar-refractivity contribution in [3.63, 3.8) is 0 Å². The normalized spacial score (nSPS) is 14.8. The Hall–Kier alpha value is -1.88. The molecular weight excluding hydrogens is 266 g/mol. The van der Waals surface area contributed by atoms with Crippen molar-refractivity contribution in [3.8, 4) is 0 Å². The molecule has 3 rings (SSSR count). The number of nitrogens with one attached hydrogen (secondary N) is 1. The summed E-state index contributed by atoms with van der Waals surface area (Å²) in [5, 5.41) is 2.88. The number of aromatic nitrogens is 2. The molecule has 0 spiro atoms. The first-order valence-corrected chi connectivity index (χ1v) is 7.53. The lowest BCUT2D eigenvalue weighted by Crippen LogP contribution is -2.28. The molecule has 21 heavy (non-hydrogen) atoms. The summed E-state index contributed by atoms with van der Waals surface area (Å²) < 4.78 is 7.47. The van der Waals surface area contributed by atoms with Crippen molar-refractivity contribution < 1.29 is 9.53 Å². The number of pyridine rings is 1. The van der Waals surface area contributed by atoms with E-state index in [0.717, 1.165) is 24.2 Å². The number of hydrogen-bond donors (Lipinski definition) is 1. The van der Waals surface area contributed by atoms with E-state index in [0.29, 0.717) is 24.8 Å². The molecule has 1 amide bonds. The van der Waals surface area contributed by atoms with E-state index in [1.807, 2.05) is 42.6 Å². The molecule has 0 unspecified atom stereocenters. The van der Waals surface area contributed by atoms with Crippen molar-refractivity contribution in [2.24, 2.45) is 0 Å². The first-order chi connectivity index (χ1) is 10.2. The van der Waals surface area contributed by atoms with E-state index in [1.165, 1.54) is 0 Å². The average molecular weight is 287 g/mol. The van der Waals surface area contributed by atoms with Crippen molar-refractivity contribution in [2.45, 2.75) is 38.7 Å². The van der Waals surface area contributed by atoms with E-state index >= 15 is 0 Å². The molecule has 1 aliphatic carbocycles. The summed E-state index contributed by atoms with van der Waals surface area (Å²) in [6, 6.07) is 5.85. The number of nitrogens with zero attached hydrogens (tertiary/aromatic N) is 2. The number of fused-ring (bicyclic) bond motifs is 1. The average Bonchev–Trinajstić information content (AvgIpc) is 3.24. The molecule has 0 radical (unpaired) electrons. The topological polar surface area (TPSA) is 55.6 Å². The van der Waals surface area contributed by atoms with Crippen molar-refractivity contribution in [1.82, 2.24) is 14.7 Å². The van der Waals surface area contributed by atoms with Crippen molar-refractivity contribution >= 4 is 11.4 Å². The molecule has 1 N–H and O–H groups in total.